The van der Waals surface area contributed by atoms with E-state index in [1.807, 2.05) is 43.3 Å². The van der Waals surface area contributed by atoms with Gasteiger partial charge in [-0.15, -0.1) is 0 Å². The van der Waals surface area contributed by atoms with E-state index in [2.05, 4.69) is 15.9 Å². The molecule has 2 aromatic carbocycles. The number of carbonyl (C=O) groups is 1. The topological polar surface area (TPSA) is 26.3 Å². The summed E-state index contributed by atoms with van der Waals surface area (Å²) < 4.78 is 6.55. The molecule has 0 unspecified atom stereocenters. The Hall–Kier alpha value is -1.61. The molecule has 3 heteroatoms. The van der Waals surface area contributed by atoms with Gasteiger partial charge in [0.25, 0.3) is 0 Å². The van der Waals surface area contributed by atoms with Gasteiger partial charge in [-0.2, -0.15) is 0 Å². The van der Waals surface area contributed by atoms with Gasteiger partial charge >= 0.3 is 0 Å². The number of hydrogen-bond donors (Lipinski definition) is 0. The van der Waals surface area contributed by atoms with Crippen LogP contribution in [0.25, 0.3) is 0 Å². The normalized spacial score (nSPS) is 13.5. The van der Waals surface area contributed by atoms with E-state index in [0.29, 0.717) is 17.7 Å². The number of benzene rings is 2. The fourth-order valence-corrected chi connectivity index (χ4v) is 3.19. The zero-order valence-electron chi connectivity index (χ0n) is 11.3. The molecule has 1 aliphatic rings. The summed E-state index contributed by atoms with van der Waals surface area (Å²) in [5.74, 6) is 0.770. The molecule has 2 nitrogen and oxygen atoms in total. The van der Waals surface area contributed by atoms with Crippen LogP contribution in [0.5, 0.6) is 5.75 Å². The van der Waals surface area contributed by atoms with Crippen LogP contribution in [-0.2, 0) is 6.42 Å². The van der Waals surface area contributed by atoms with Crippen LogP contribution in [0.2, 0.25) is 0 Å². The Kier molecular flexibility index (Phi) is 3.62. The van der Waals surface area contributed by atoms with Crippen LogP contribution >= 0.6 is 15.9 Å². The Morgan fingerprint density at radius 2 is 2.05 bits per heavy atom. The number of carbonyl (C=O) groups excluding carboxylic acids is 1. The van der Waals surface area contributed by atoms with Gasteiger partial charge in [-0.3, -0.25) is 4.79 Å². The quantitative estimate of drug-likeness (QED) is 0.767. The Morgan fingerprint density at radius 3 is 2.85 bits per heavy atom. The average Bonchev–Trinajstić information content (AvgIpc) is 2.46. The van der Waals surface area contributed by atoms with Gasteiger partial charge in [0.2, 0.25) is 0 Å². The molecule has 0 fully saturated rings. The number of ether oxygens (including phenoxy) is 1. The van der Waals surface area contributed by atoms with Crippen LogP contribution in [0, 0.1) is 6.92 Å². The van der Waals surface area contributed by atoms with E-state index >= 15 is 0 Å². The molecular formula is C17H15BrO2. The Labute approximate surface area is 126 Å². The molecule has 0 aliphatic carbocycles. The molecule has 3 rings (SSSR count). The monoisotopic (exact) mass is 330 g/mol. The first kappa shape index (κ1) is 13.4. The third kappa shape index (κ3) is 2.38. The number of halogens is 1. The molecule has 1 heterocycles. The van der Waals surface area contributed by atoms with Crippen molar-refractivity contribution in [1.29, 1.82) is 0 Å². The molecule has 0 saturated heterocycles. The molecule has 0 spiro atoms. The highest BCUT2D eigenvalue weighted by molar-refractivity contribution is 9.10. The molecule has 0 radical (unpaired) electrons. The zero-order chi connectivity index (χ0) is 14.1. The number of aryl methyl sites for hydroxylation is 2. The predicted octanol–water partition coefficient (Wildman–Crippen LogP) is 4.31. The van der Waals surface area contributed by atoms with Crippen LogP contribution < -0.4 is 4.74 Å². The van der Waals surface area contributed by atoms with Crippen LogP contribution in [0.15, 0.2) is 40.9 Å². The fraction of sp³-hybridized carbons (Fsp3) is 0.235. The fourth-order valence-electron chi connectivity index (χ4n) is 2.52. The highest BCUT2D eigenvalue weighted by atomic mass is 79.9. The van der Waals surface area contributed by atoms with Crippen LogP contribution in [0.3, 0.4) is 0 Å². The van der Waals surface area contributed by atoms with Crippen molar-refractivity contribution in [2.24, 2.45) is 0 Å². The highest BCUT2D eigenvalue weighted by Crippen LogP contribution is 2.32. The molecule has 20 heavy (non-hydrogen) atoms. The molecule has 0 saturated carbocycles. The summed E-state index contributed by atoms with van der Waals surface area (Å²) in [5, 5.41) is 0. The Morgan fingerprint density at radius 1 is 1.20 bits per heavy atom. The van der Waals surface area contributed by atoms with Crippen molar-refractivity contribution in [2.45, 2.75) is 19.8 Å². The summed E-state index contributed by atoms with van der Waals surface area (Å²) in [7, 11) is 0. The Balaban J connectivity index is 2.07. The minimum absolute atomic E-state index is 0.00984. The first-order chi connectivity index (χ1) is 9.66. The lowest BCUT2D eigenvalue weighted by Crippen LogP contribution is -2.13. The van der Waals surface area contributed by atoms with Gasteiger partial charge < -0.3 is 4.74 Å². The van der Waals surface area contributed by atoms with E-state index in [-0.39, 0.29) is 5.78 Å². The summed E-state index contributed by atoms with van der Waals surface area (Å²) in [6.45, 7) is 2.69. The van der Waals surface area contributed by atoms with Crippen LogP contribution in [0.4, 0.5) is 0 Å². The second-order valence-corrected chi connectivity index (χ2v) is 5.91. The van der Waals surface area contributed by atoms with E-state index in [4.69, 9.17) is 4.74 Å². The SMILES string of the molecule is Cc1ccc(C(=O)c2cccc3c2OCCC3)c(Br)c1. The van der Waals surface area contributed by atoms with Crippen LogP contribution in [0.1, 0.15) is 33.5 Å². The minimum Gasteiger partial charge on any atom is -0.493 e. The highest BCUT2D eigenvalue weighted by Gasteiger charge is 2.21. The van der Waals surface area contributed by atoms with Gasteiger partial charge in [-0.25, -0.2) is 0 Å². The molecule has 0 N–H and O–H groups in total. The van der Waals surface area contributed by atoms with Gasteiger partial charge in [-0.1, -0.05) is 34.1 Å². The summed E-state index contributed by atoms with van der Waals surface area (Å²) in [4.78, 5) is 12.7. The lowest BCUT2D eigenvalue weighted by molar-refractivity contribution is 0.103. The van der Waals surface area contributed by atoms with Gasteiger partial charge in [0.1, 0.15) is 5.75 Å². The first-order valence-electron chi connectivity index (χ1n) is 6.72. The number of hydrogen-bond acceptors (Lipinski definition) is 2. The Bertz CT molecular complexity index is 677. The summed E-state index contributed by atoms with van der Waals surface area (Å²) in [6.07, 6.45) is 1.99. The number of rotatable bonds is 2. The van der Waals surface area contributed by atoms with E-state index in [1.54, 1.807) is 0 Å². The van der Waals surface area contributed by atoms with Crippen molar-refractivity contribution in [3.8, 4) is 5.75 Å². The maximum absolute atomic E-state index is 12.7. The largest absolute Gasteiger partial charge is 0.493 e. The maximum Gasteiger partial charge on any atom is 0.197 e. The number of ketones is 1. The van der Waals surface area contributed by atoms with Crippen molar-refractivity contribution in [1.82, 2.24) is 0 Å². The average molecular weight is 331 g/mol. The smallest absolute Gasteiger partial charge is 0.197 e. The second-order valence-electron chi connectivity index (χ2n) is 5.06. The lowest BCUT2D eigenvalue weighted by atomic mass is 9.96. The standard InChI is InChI=1S/C17H15BrO2/c1-11-7-8-13(15(18)10-11)16(19)14-6-2-4-12-5-3-9-20-17(12)14/h2,4,6-8,10H,3,5,9H2,1H3. The molecule has 0 atom stereocenters. The van der Waals surface area contributed by atoms with Gasteiger partial charge in [-0.05, 0) is 49.1 Å². The molecule has 0 bridgehead atoms. The van der Waals surface area contributed by atoms with E-state index in [9.17, 15) is 4.79 Å². The van der Waals surface area contributed by atoms with Crippen molar-refractivity contribution in [3.05, 3.63) is 63.1 Å². The molecular weight excluding hydrogens is 316 g/mol. The van der Waals surface area contributed by atoms with E-state index in [0.717, 1.165) is 34.2 Å². The molecule has 2 aromatic rings. The molecule has 102 valence electrons. The summed E-state index contributed by atoms with van der Waals surface area (Å²) in [6, 6.07) is 11.6. The molecule has 0 amide bonds. The third-order valence-electron chi connectivity index (χ3n) is 3.55. The van der Waals surface area contributed by atoms with Crippen molar-refractivity contribution in [2.75, 3.05) is 6.61 Å². The zero-order valence-corrected chi connectivity index (χ0v) is 12.9. The molecule has 0 aromatic heterocycles. The van der Waals surface area contributed by atoms with Crippen LogP contribution in [-0.4, -0.2) is 12.4 Å². The minimum atomic E-state index is 0.00984. The first-order valence-corrected chi connectivity index (χ1v) is 7.51. The third-order valence-corrected chi connectivity index (χ3v) is 4.20. The van der Waals surface area contributed by atoms with Crippen molar-refractivity contribution < 1.29 is 9.53 Å². The summed E-state index contributed by atoms with van der Waals surface area (Å²) >= 11 is 3.48. The van der Waals surface area contributed by atoms with Gasteiger partial charge in [0.15, 0.2) is 5.78 Å². The second kappa shape index (κ2) is 5.41. The van der Waals surface area contributed by atoms with Crippen molar-refractivity contribution >= 4 is 21.7 Å². The predicted molar refractivity (Wildman–Crippen MR) is 82.6 cm³/mol. The molecule has 1 aliphatic heterocycles. The maximum atomic E-state index is 12.7. The van der Waals surface area contributed by atoms with Gasteiger partial charge in [0.05, 0.1) is 12.2 Å². The number of para-hydroxylation sites is 1. The van der Waals surface area contributed by atoms with E-state index < -0.39 is 0 Å². The lowest BCUT2D eigenvalue weighted by Gasteiger charge is -2.20. The number of fused-ring (bicyclic) bond motifs is 1. The van der Waals surface area contributed by atoms with Crippen molar-refractivity contribution in [3.63, 3.8) is 0 Å². The van der Waals surface area contributed by atoms with E-state index in [1.165, 1.54) is 0 Å². The van der Waals surface area contributed by atoms with Gasteiger partial charge in [0, 0.05) is 10.0 Å². The summed E-state index contributed by atoms with van der Waals surface area (Å²) in [5.41, 5.74) is 3.59.